The summed E-state index contributed by atoms with van der Waals surface area (Å²) < 4.78 is 29.8. The van der Waals surface area contributed by atoms with Gasteiger partial charge in [-0.05, 0) is 44.0 Å². The Morgan fingerprint density at radius 3 is 2.64 bits per heavy atom. The highest BCUT2D eigenvalue weighted by Gasteiger charge is 2.39. The van der Waals surface area contributed by atoms with Crippen LogP contribution in [0.15, 0.2) is 66.7 Å². The van der Waals surface area contributed by atoms with Crippen LogP contribution in [-0.2, 0) is 6.42 Å². The summed E-state index contributed by atoms with van der Waals surface area (Å²) >= 11 is 0. The van der Waals surface area contributed by atoms with Crippen molar-refractivity contribution in [2.24, 2.45) is 5.92 Å². The molecule has 2 aliphatic rings. The summed E-state index contributed by atoms with van der Waals surface area (Å²) in [5.74, 6) is -0.900. The number of anilines is 1. The number of aromatic nitrogens is 2. The monoisotopic (exact) mass is 506 g/mol. The summed E-state index contributed by atoms with van der Waals surface area (Å²) in [6.07, 6.45) is 1.68. The number of quaternary nitrogens is 1. The molecule has 0 saturated heterocycles. The molecule has 6 rings (SSSR count). The van der Waals surface area contributed by atoms with Crippen molar-refractivity contribution in [2.75, 3.05) is 11.9 Å². The van der Waals surface area contributed by atoms with Crippen LogP contribution in [0.5, 0.6) is 0 Å². The Hall–Kier alpha value is -3.55. The Bertz CT molecular complexity index is 1450. The smallest absolute Gasteiger partial charge is 0.193 e. The first-order chi connectivity index (χ1) is 17.0. The van der Waals surface area contributed by atoms with Crippen molar-refractivity contribution in [3.63, 3.8) is 0 Å². The highest BCUT2D eigenvalue weighted by molar-refractivity contribution is 6.09. The van der Waals surface area contributed by atoms with Crippen LogP contribution >= 0.6 is 0 Å². The molecule has 1 aliphatic heterocycles. The van der Waals surface area contributed by atoms with E-state index in [1.54, 1.807) is 4.68 Å². The van der Waals surface area contributed by atoms with Crippen molar-refractivity contribution < 1.29 is 31.3 Å². The van der Waals surface area contributed by atoms with Gasteiger partial charge in [0.2, 0.25) is 0 Å². The fraction of sp³-hybridized carbons (Fsp3) is 0.214. The molecule has 184 valence electrons. The first-order valence-electron chi connectivity index (χ1n) is 11.9. The maximum atomic E-state index is 14.6. The van der Waals surface area contributed by atoms with Gasteiger partial charge in [-0.2, -0.15) is 5.10 Å². The predicted octanol–water partition coefficient (Wildman–Crippen LogP) is 1.62. The summed E-state index contributed by atoms with van der Waals surface area (Å²) in [5, 5.41) is 10.5. The third kappa shape index (κ3) is 4.08. The fourth-order valence-corrected chi connectivity index (χ4v) is 5.49. The number of rotatable bonds is 3. The summed E-state index contributed by atoms with van der Waals surface area (Å²) in [5.41, 5.74) is 6.44. The van der Waals surface area contributed by atoms with E-state index >= 15 is 0 Å². The van der Waals surface area contributed by atoms with E-state index in [9.17, 15) is 13.6 Å². The van der Waals surface area contributed by atoms with Gasteiger partial charge in [-0.3, -0.25) is 4.79 Å². The molecule has 36 heavy (non-hydrogen) atoms. The van der Waals surface area contributed by atoms with Gasteiger partial charge in [0.25, 0.3) is 0 Å². The maximum absolute atomic E-state index is 14.6. The van der Waals surface area contributed by atoms with Gasteiger partial charge in [-0.15, -0.1) is 0 Å². The van der Waals surface area contributed by atoms with Gasteiger partial charge in [-0.25, -0.2) is 13.5 Å². The van der Waals surface area contributed by atoms with Crippen LogP contribution in [0.2, 0.25) is 0 Å². The zero-order chi connectivity index (χ0) is 24.1. The van der Waals surface area contributed by atoms with Crippen LogP contribution in [0, 0.1) is 24.5 Å². The number of benzene rings is 3. The number of carbonyl (C=O) groups excluding carboxylic acids is 1. The number of halogens is 3. The lowest BCUT2D eigenvalue weighted by Crippen LogP contribution is -3.00. The van der Waals surface area contributed by atoms with Gasteiger partial charge in [0, 0.05) is 35.7 Å². The summed E-state index contributed by atoms with van der Waals surface area (Å²) in [7, 11) is 0. The van der Waals surface area contributed by atoms with Crippen LogP contribution in [0.1, 0.15) is 45.3 Å². The Kier molecular flexibility index (Phi) is 6.36. The topological polar surface area (TPSA) is 63.5 Å². The molecule has 1 aliphatic carbocycles. The van der Waals surface area contributed by atoms with Gasteiger partial charge in [0.05, 0.1) is 22.6 Å². The maximum Gasteiger partial charge on any atom is 0.193 e. The molecule has 4 aromatic rings. The molecule has 0 saturated carbocycles. The zero-order valence-electron chi connectivity index (χ0n) is 19.6. The third-order valence-electron chi connectivity index (χ3n) is 7.20. The van der Waals surface area contributed by atoms with E-state index in [0.29, 0.717) is 17.0 Å². The molecule has 8 heteroatoms. The normalized spacial score (nSPS) is 18.1. The molecule has 3 aromatic carbocycles. The minimum absolute atomic E-state index is 0. The van der Waals surface area contributed by atoms with Crippen molar-refractivity contribution in [1.29, 1.82) is 0 Å². The second-order valence-corrected chi connectivity index (χ2v) is 9.32. The van der Waals surface area contributed by atoms with Crippen molar-refractivity contribution in [3.8, 4) is 5.69 Å². The van der Waals surface area contributed by atoms with Gasteiger partial charge >= 0.3 is 0 Å². The second kappa shape index (κ2) is 9.48. The number of hydrogen-bond acceptors (Lipinski definition) is 3. The lowest BCUT2D eigenvalue weighted by molar-refractivity contribution is -0.625. The van der Waals surface area contributed by atoms with E-state index in [2.05, 4.69) is 15.7 Å². The van der Waals surface area contributed by atoms with Crippen LogP contribution in [0.3, 0.4) is 0 Å². The number of nitrogens with one attached hydrogen (secondary N) is 1. The van der Waals surface area contributed by atoms with E-state index in [4.69, 9.17) is 0 Å². The van der Waals surface area contributed by atoms with Crippen LogP contribution in [-0.4, -0.2) is 22.1 Å². The van der Waals surface area contributed by atoms with Gasteiger partial charge in [0.15, 0.2) is 17.3 Å². The molecule has 3 N–H and O–H groups in total. The van der Waals surface area contributed by atoms with Crippen molar-refractivity contribution in [2.45, 2.75) is 25.8 Å². The molecule has 0 bridgehead atoms. The van der Waals surface area contributed by atoms with Crippen molar-refractivity contribution in [1.82, 2.24) is 9.78 Å². The minimum Gasteiger partial charge on any atom is -1.00 e. The molecule has 0 spiro atoms. The molecular formula is C28H25ClF2N4O. The Morgan fingerprint density at radius 1 is 1.06 bits per heavy atom. The Balaban J connectivity index is 0.00000267. The molecule has 2 heterocycles. The van der Waals surface area contributed by atoms with E-state index in [-0.39, 0.29) is 29.9 Å². The Labute approximate surface area is 213 Å². The van der Waals surface area contributed by atoms with Crippen LogP contribution in [0.4, 0.5) is 20.2 Å². The lowest BCUT2D eigenvalue weighted by Gasteiger charge is -2.28. The van der Waals surface area contributed by atoms with Gasteiger partial charge in [-0.1, -0.05) is 30.3 Å². The summed E-state index contributed by atoms with van der Waals surface area (Å²) in [6.45, 7) is 2.75. The lowest BCUT2D eigenvalue weighted by atomic mass is 9.81. The molecule has 1 aromatic heterocycles. The summed E-state index contributed by atoms with van der Waals surface area (Å²) in [4.78, 5) is 13.1. The van der Waals surface area contributed by atoms with E-state index < -0.39 is 11.6 Å². The van der Waals surface area contributed by atoms with Crippen molar-refractivity contribution in [3.05, 3.63) is 106 Å². The molecule has 5 nitrogen and oxygen atoms in total. The number of ketones is 1. The fourth-order valence-electron chi connectivity index (χ4n) is 5.49. The van der Waals surface area contributed by atoms with E-state index in [1.165, 1.54) is 12.1 Å². The number of carbonyl (C=O) groups is 1. The third-order valence-corrected chi connectivity index (χ3v) is 7.20. The zero-order valence-corrected chi connectivity index (χ0v) is 20.4. The van der Waals surface area contributed by atoms with Crippen molar-refractivity contribution >= 4 is 17.2 Å². The Morgan fingerprint density at radius 2 is 1.86 bits per heavy atom. The van der Waals surface area contributed by atoms with E-state index in [0.717, 1.165) is 53.8 Å². The quantitative estimate of drug-likeness (QED) is 0.328. The standard InChI is InChI=1S/C28H24F2N4O.ClH/c1-16-26-25(34(33-16)24-12-9-20(29)14-21(24)30)11-8-19-15-31-22-10-7-18(13-23(22)32-27(19)26)28(35)17-5-3-2-4-6-17;/h2-7,9-10,12-14,19,27,31-32H,8,11,15H2,1H3;1H. The molecule has 0 amide bonds. The molecule has 2 unspecified atom stereocenters. The molecule has 0 radical (unpaired) electrons. The highest BCUT2D eigenvalue weighted by Crippen LogP contribution is 2.38. The average molecular weight is 507 g/mol. The predicted molar refractivity (Wildman–Crippen MR) is 129 cm³/mol. The molecule has 2 atom stereocenters. The van der Waals surface area contributed by atoms with E-state index in [1.807, 2.05) is 55.5 Å². The molecule has 0 fully saturated rings. The number of nitrogens with two attached hydrogens (primary N) is 1. The molecular weight excluding hydrogens is 482 g/mol. The SMILES string of the molecule is Cc1nn(-c2ccc(F)cc2F)c2c1C1[NH2+]c3cc(C(=O)c4ccccc4)ccc3NCC1CC2.[Cl-]. The minimum atomic E-state index is -0.627. The number of nitrogens with zero attached hydrogens (tertiary/aromatic N) is 2. The first-order valence-corrected chi connectivity index (χ1v) is 11.9. The second-order valence-electron chi connectivity index (χ2n) is 9.32. The summed E-state index contributed by atoms with van der Waals surface area (Å²) in [6, 6.07) is 18.7. The van der Waals surface area contributed by atoms with Crippen LogP contribution in [0.25, 0.3) is 5.69 Å². The van der Waals surface area contributed by atoms with Gasteiger partial charge in [0.1, 0.15) is 17.5 Å². The number of hydrogen-bond donors (Lipinski definition) is 2. The number of aryl methyl sites for hydroxylation is 1. The average Bonchev–Trinajstić information content (AvgIpc) is 3.08. The van der Waals surface area contributed by atoms with Crippen LogP contribution < -0.4 is 23.0 Å². The van der Waals surface area contributed by atoms with Gasteiger partial charge < -0.3 is 23.0 Å². The first kappa shape index (κ1) is 24.2. The number of fused-ring (bicyclic) bond motifs is 4. The highest BCUT2D eigenvalue weighted by atomic mass is 35.5. The largest absolute Gasteiger partial charge is 1.00 e.